The van der Waals surface area contributed by atoms with E-state index in [1.165, 1.54) is 70.6 Å². The maximum atomic E-state index is 2.27. The van der Waals surface area contributed by atoms with Gasteiger partial charge >= 0.3 is 0 Å². The Balaban J connectivity index is 0.000000220. The topological polar surface area (TPSA) is 0 Å². The molecule has 1 aromatic rings. The van der Waals surface area contributed by atoms with Crippen molar-refractivity contribution >= 4 is 0 Å². The van der Waals surface area contributed by atoms with Gasteiger partial charge in [0.2, 0.25) is 0 Å². The quantitative estimate of drug-likeness (QED) is 0.590. The van der Waals surface area contributed by atoms with Crippen LogP contribution >= 0.6 is 0 Å². The zero-order valence-corrected chi connectivity index (χ0v) is 13.4. The molecule has 19 heavy (non-hydrogen) atoms. The van der Waals surface area contributed by atoms with Crippen LogP contribution in [0.4, 0.5) is 0 Å². The summed E-state index contributed by atoms with van der Waals surface area (Å²) in [6.07, 6.45) is 16.1. The third-order valence-electron chi connectivity index (χ3n) is 4.38. The number of rotatable bonds is 1. The standard InChI is InChI=1S/C12H16.C6H12.Cr/c1-3-7-11(8-4-1)12-9-5-2-6-10-12;1-2-4-6-5-3-1;/h1,3-4,7-8,12H,2,5-6,9-10H2;1-6H2;. The molecule has 0 bridgehead atoms. The van der Waals surface area contributed by atoms with Gasteiger partial charge in [0.25, 0.3) is 0 Å². The Morgan fingerprint density at radius 2 is 1.00 bits per heavy atom. The summed E-state index contributed by atoms with van der Waals surface area (Å²) in [6.45, 7) is 0. The van der Waals surface area contributed by atoms with Gasteiger partial charge in [0.1, 0.15) is 0 Å². The van der Waals surface area contributed by atoms with Gasteiger partial charge in [0.05, 0.1) is 0 Å². The molecule has 2 aliphatic rings. The molecule has 1 aromatic carbocycles. The summed E-state index contributed by atoms with van der Waals surface area (Å²) in [4.78, 5) is 0. The Morgan fingerprint density at radius 3 is 1.47 bits per heavy atom. The Hall–Kier alpha value is -0.248. The van der Waals surface area contributed by atoms with Crippen LogP contribution in [-0.2, 0) is 17.4 Å². The van der Waals surface area contributed by atoms with Crippen molar-refractivity contribution in [2.75, 3.05) is 0 Å². The molecule has 106 valence electrons. The molecule has 0 spiro atoms. The smallest absolute Gasteiger partial charge is 0 e. The fraction of sp³-hybridized carbons (Fsp3) is 0.667. The van der Waals surface area contributed by atoms with Gasteiger partial charge in [-0.3, -0.25) is 0 Å². The van der Waals surface area contributed by atoms with E-state index in [1.54, 1.807) is 5.56 Å². The van der Waals surface area contributed by atoms with Gasteiger partial charge in [0, 0.05) is 17.4 Å². The molecule has 0 unspecified atom stereocenters. The van der Waals surface area contributed by atoms with E-state index >= 15 is 0 Å². The van der Waals surface area contributed by atoms with Gasteiger partial charge < -0.3 is 0 Å². The van der Waals surface area contributed by atoms with Crippen LogP contribution in [0, 0.1) is 0 Å². The molecule has 0 nitrogen and oxygen atoms in total. The van der Waals surface area contributed by atoms with Crippen molar-refractivity contribution in [3.05, 3.63) is 35.9 Å². The van der Waals surface area contributed by atoms with Gasteiger partial charge in [-0.15, -0.1) is 0 Å². The van der Waals surface area contributed by atoms with Crippen LogP contribution in [0.1, 0.15) is 82.1 Å². The van der Waals surface area contributed by atoms with Gasteiger partial charge in [-0.05, 0) is 24.3 Å². The summed E-state index contributed by atoms with van der Waals surface area (Å²) in [6, 6.07) is 11.0. The Morgan fingerprint density at radius 1 is 0.579 bits per heavy atom. The van der Waals surface area contributed by atoms with E-state index in [4.69, 9.17) is 0 Å². The zero-order valence-electron chi connectivity index (χ0n) is 12.2. The Bertz CT molecular complexity index is 285. The molecule has 3 rings (SSSR count). The largest absolute Gasteiger partial charge is 0.0622 e. The van der Waals surface area contributed by atoms with E-state index in [0.29, 0.717) is 0 Å². The van der Waals surface area contributed by atoms with E-state index in [-0.39, 0.29) is 17.4 Å². The normalized spacial score (nSPS) is 19.8. The molecule has 2 fully saturated rings. The van der Waals surface area contributed by atoms with E-state index < -0.39 is 0 Å². The first-order valence-electron chi connectivity index (χ1n) is 8.02. The number of benzene rings is 1. The summed E-state index contributed by atoms with van der Waals surface area (Å²) in [5.74, 6) is 0.861. The monoisotopic (exact) mass is 296 g/mol. The minimum Gasteiger partial charge on any atom is -0.0622 e. The Labute approximate surface area is 130 Å². The predicted molar refractivity (Wildman–Crippen MR) is 80.0 cm³/mol. The number of hydrogen-bond acceptors (Lipinski definition) is 0. The molecular weight excluding hydrogens is 268 g/mol. The first-order chi connectivity index (χ1) is 8.97. The molecule has 0 aromatic heterocycles. The molecule has 0 amide bonds. The van der Waals surface area contributed by atoms with Crippen molar-refractivity contribution in [2.24, 2.45) is 0 Å². The van der Waals surface area contributed by atoms with Crippen LogP contribution in [0.25, 0.3) is 0 Å². The molecule has 0 radical (unpaired) electrons. The summed E-state index contributed by atoms with van der Waals surface area (Å²) >= 11 is 0. The van der Waals surface area contributed by atoms with E-state index in [0.717, 1.165) is 5.92 Å². The van der Waals surface area contributed by atoms with E-state index in [1.807, 2.05) is 0 Å². The first kappa shape index (κ1) is 16.8. The second-order valence-corrected chi connectivity index (χ2v) is 5.87. The third kappa shape index (κ3) is 6.64. The average Bonchev–Trinajstić information content (AvgIpc) is 2.51. The SMILES string of the molecule is C1CCCCC1.[Cr].c1ccc(C2CCCCC2)cc1. The fourth-order valence-corrected chi connectivity index (χ4v) is 3.22. The fourth-order valence-electron chi connectivity index (χ4n) is 3.22. The van der Waals surface area contributed by atoms with E-state index in [9.17, 15) is 0 Å². The van der Waals surface area contributed by atoms with Crippen LogP contribution in [0.2, 0.25) is 0 Å². The van der Waals surface area contributed by atoms with Crippen molar-refractivity contribution in [1.82, 2.24) is 0 Å². The predicted octanol–water partition coefficient (Wildman–Crippen LogP) is 6.07. The second kappa shape index (κ2) is 10.5. The molecular formula is C18H28Cr. The van der Waals surface area contributed by atoms with Gasteiger partial charge in [-0.1, -0.05) is 88.1 Å². The van der Waals surface area contributed by atoms with Gasteiger partial charge in [0.15, 0.2) is 0 Å². The maximum Gasteiger partial charge on any atom is 0 e. The van der Waals surface area contributed by atoms with Crippen LogP contribution in [0.3, 0.4) is 0 Å². The third-order valence-corrected chi connectivity index (χ3v) is 4.38. The van der Waals surface area contributed by atoms with Crippen LogP contribution in [-0.4, -0.2) is 0 Å². The molecule has 0 heterocycles. The van der Waals surface area contributed by atoms with E-state index in [2.05, 4.69) is 30.3 Å². The summed E-state index contributed by atoms with van der Waals surface area (Å²) in [5.41, 5.74) is 1.55. The van der Waals surface area contributed by atoms with Crippen molar-refractivity contribution < 1.29 is 17.4 Å². The van der Waals surface area contributed by atoms with Gasteiger partial charge in [-0.25, -0.2) is 0 Å². The molecule has 1 heteroatoms. The van der Waals surface area contributed by atoms with Gasteiger partial charge in [-0.2, -0.15) is 0 Å². The number of hydrogen-bond donors (Lipinski definition) is 0. The molecule has 2 aliphatic carbocycles. The van der Waals surface area contributed by atoms with Crippen molar-refractivity contribution in [2.45, 2.75) is 76.5 Å². The molecule has 0 atom stereocenters. The zero-order chi connectivity index (χ0) is 12.5. The molecule has 0 N–H and O–H groups in total. The minimum absolute atomic E-state index is 0. The van der Waals surface area contributed by atoms with Crippen LogP contribution in [0.5, 0.6) is 0 Å². The van der Waals surface area contributed by atoms with Crippen molar-refractivity contribution in [3.8, 4) is 0 Å². The molecule has 2 saturated carbocycles. The molecule has 0 saturated heterocycles. The first-order valence-corrected chi connectivity index (χ1v) is 8.02. The second-order valence-electron chi connectivity index (χ2n) is 5.87. The summed E-state index contributed by atoms with van der Waals surface area (Å²) in [7, 11) is 0. The van der Waals surface area contributed by atoms with Crippen LogP contribution < -0.4 is 0 Å². The van der Waals surface area contributed by atoms with Crippen LogP contribution in [0.15, 0.2) is 30.3 Å². The Kier molecular flexibility index (Phi) is 9.31. The summed E-state index contributed by atoms with van der Waals surface area (Å²) in [5, 5.41) is 0. The maximum absolute atomic E-state index is 2.27. The van der Waals surface area contributed by atoms with Crippen molar-refractivity contribution in [1.29, 1.82) is 0 Å². The minimum atomic E-state index is 0. The van der Waals surface area contributed by atoms with Crippen molar-refractivity contribution in [3.63, 3.8) is 0 Å². The molecule has 0 aliphatic heterocycles. The summed E-state index contributed by atoms with van der Waals surface area (Å²) < 4.78 is 0. The average molecular weight is 296 g/mol.